The van der Waals surface area contributed by atoms with Crippen molar-refractivity contribution in [2.24, 2.45) is 0 Å². The summed E-state index contributed by atoms with van der Waals surface area (Å²) in [4.78, 5) is 0. The van der Waals surface area contributed by atoms with Crippen LogP contribution >= 0.6 is 23.4 Å². The van der Waals surface area contributed by atoms with E-state index in [9.17, 15) is 0 Å². The summed E-state index contributed by atoms with van der Waals surface area (Å²) in [5, 5.41) is 4.02. The van der Waals surface area contributed by atoms with Crippen LogP contribution in [0.15, 0.2) is 18.2 Å². The van der Waals surface area contributed by atoms with Gasteiger partial charge in [-0.05, 0) is 38.3 Å². The highest BCUT2D eigenvalue weighted by Gasteiger charge is 2.15. The van der Waals surface area contributed by atoms with Crippen LogP contribution in [0.1, 0.15) is 13.8 Å². The van der Waals surface area contributed by atoms with Crippen LogP contribution in [0.4, 0.5) is 11.4 Å². The van der Waals surface area contributed by atoms with Crippen LogP contribution in [0.25, 0.3) is 0 Å². The molecule has 0 heterocycles. The summed E-state index contributed by atoms with van der Waals surface area (Å²) in [6.45, 7) is 5.23. The van der Waals surface area contributed by atoms with E-state index in [1.165, 1.54) is 0 Å². The SMILES string of the molecule is CSC(C)(C)CNc1cc(Cl)ccc1N. The molecule has 0 aliphatic heterocycles. The third kappa shape index (κ3) is 3.84. The van der Waals surface area contributed by atoms with Crippen LogP contribution in [0.5, 0.6) is 0 Å². The van der Waals surface area contributed by atoms with Crippen molar-refractivity contribution in [3.05, 3.63) is 23.2 Å². The number of benzene rings is 1. The first kappa shape index (κ1) is 12.5. The van der Waals surface area contributed by atoms with Crippen molar-refractivity contribution in [2.45, 2.75) is 18.6 Å². The second-order valence-electron chi connectivity index (χ2n) is 4.05. The topological polar surface area (TPSA) is 38.0 Å². The zero-order valence-corrected chi connectivity index (χ0v) is 10.9. The Balaban J connectivity index is 2.69. The van der Waals surface area contributed by atoms with Gasteiger partial charge in [-0.25, -0.2) is 0 Å². The summed E-state index contributed by atoms with van der Waals surface area (Å²) in [6.07, 6.45) is 2.10. The number of hydrogen-bond acceptors (Lipinski definition) is 3. The van der Waals surface area contributed by atoms with Gasteiger partial charge in [-0.15, -0.1) is 0 Å². The third-order valence-corrected chi connectivity index (χ3v) is 3.76. The highest BCUT2D eigenvalue weighted by atomic mass is 35.5. The molecule has 15 heavy (non-hydrogen) atoms. The Hall–Kier alpha value is -0.540. The van der Waals surface area contributed by atoms with E-state index in [-0.39, 0.29) is 4.75 Å². The molecule has 0 atom stereocenters. The Labute approximate surface area is 101 Å². The molecule has 0 saturated heterocycles. The summed E-state index contributed by atoms with van der Waals surface area (Å²) in [7, 11) is 0. The van der Waals surface area contributed by atoms with Gasteiger partial charge in [-0.1, -0.05) is 11.6 Å². The zero-order chi connectivity index (χ0) is 11.5. The van der Waals surface area contributed by atoms with E-state index < -0.39 is 0 Å². The number of anilines is 2. The van der Waals surface area contributed by atoms with Gasteiger partial charge < -0.3 is 11.1 Å². The Morgan fingerprint density at radius 3 is 2.73 bits per heavy atom. The maximum Gasteiger partial charge on any atom is 0.0589 e. The highest BCUT2D eigenvalue weighted by Crippen LogP contribution is 2.26. The number of rotatable bonds is 4. The predicted octanol–water partition coefficient (Wildman–Crippen LogP) is 3.48. The largest absolute Gasteiger partial charge is 0.397 e. The van der Waals surface area contributed by atoms with Crippen molar-refractivity contribution in [1.82, 2.24) is 0 Å². The van der Waals surface area contributed by atoms with E-state index in [4.69, 9.17) is 17.3 Å². The molecular weight excluding hydrogens is 228 g/mol. The Bertz CT molecular complexity index is 339. The summed E-state index contributed by atoms with van der Waals surface area (Å²) in [6, 6.07) is 5.46. The van der Waals surface area contributed by atoms with Crippen molar-refractivity contribution in [3.63, 3.8) is 0 Å². The second-order valence-corrected chi connectivity index (χ2v) is 6.00. The second kappa shape index (κ2) is 4.99. The molecule has 2 nitrogen and oxygen atoms in total. The van der Waals surface area contributed by atoms with Crippen molar-refractivity contribution >= 4 is 34.7 Å². The lowest BCUT2D eigenvalue weighted by molar-refractivity contribution is 0.753. The van der Waals surface area contributed by atoms with Crippen molar-refractivity contribution < 1.29 is 0 Å². The minimum atomic E-state index is 0.189. The van der Waals surface area contributed by atoms with Crippen LogP contribution < -0.4 is 11.1 Å². The summed E-state index contributed by atoms with van der Waals surface area (Å²) in [5.74, 6) is 0. The molecule has 1 aromatic rings. The van der Waals surface area contributed by atoms with E-state index in [0.717, 1.165) is 17.9 Å². The van der Waals surface area contributed by atoms with Crippen molar-refractivity contribution in [1.29, 1.82) is 0 Å². The van der Waals surface area contributed by atoms with Crippen LogP contribution in [-0.4, -0.2) is 17.5 Å². The highest BCUT2D eigenvalue weighted by molar-refractivity contribution is 7.99. The lowest BCUT2D eigenvalue weighted by atomic mass is 10.2. The number of hydrogen-bond donors (Lipinski definition) is 2. The molecule has 0 aliphatic rings. The van der Waals surface area contributed by atoms with Gasteiger partial charge in [0.05, 0.1) is 11.4 Å². The summed E-state index contributed by atoms with van der Waals surface area (Å²) in [5.41, 5.74) is 7.47. The third-order valence-electron chi connectivity index (χ3n) is 2.27. The molecule has 0 spiro atoms. The fourth-order valence-corrected chi connectivity index (χ4v) is 1.45. The maximum atomic E-state index is 5.90. The quantitative estimate of drug-likeness (QED) is 0.797. The van der Waals surface area contributed by atoms with Gasteiger partial charge in [0.15, 0.2) is 0 Å². The summed E-state index contributed by atoms with van der Waals surface area (Å²) < 4.78 is 0.189. The van der Waals surface area contributed by atoms with Gasteiger partial charge >= 0.3 is 0 Å². The van der Waals surface area contributed by atoms with Gasteiger partial charge in [0.1, 0.15) is 0 Å². The minimum absolute atomic E-state index is 0.189. The Morgan fingerprint density at radius 2 is 2.13 bits per heavy atom. The molecule has 1 aromatic carbocycles. The molecule has 0 radical (unpaired) electrons. The van der Waals surface area contributed by atoms with E-state index in [2.05, 4.69) is 25.4 Å². The number of thioether (sulfide) groups is 1. The number of nitrogens with two attached hydrogens (primary N) is 1. The Morgan fingerprint density at radius 1 is 1.47 bits per heavy atom. The van der Waals surface area contributed by atoms with Gasteiger partial charge in [-0.3, -0.25) is 0 Å². The average molecular weight is 245 g/mol. The first-order valence-electron chi connectivity index (χ1n) is 4.79. The lowest BCUT2D eigenvalue weighted by Gasteiger charge is -2.23. The van der Waals surface area contributed by atoms with Gasteiger partial charge in [-0.2, -0.15) is 11.8 Å². The smallest absolute Gasteiger partial charge is 0.0589 e. The number of nitrogens with one attached hydrogen (secondary N) is 1. The van der Waals surface area contributed by atoms with E-state index >= 15 is 0 Å². The van der Waals surface area contributed by atoms with Gasteiger partial charge in [0.25, 0.3) is 0 Å². The minimum Gasteiger partial charge on any atom is -0.397 e. The monoisotopic (exact) mass is 244 g/mol. The van der Waals surface area contributed by atoms with Crippen LogP contribution in [0, 0.1) is 0 Å². The van der Waals surface area contributed by atoms with E-state index in [1.54, 1.807) is 6.07 Å². The molecule has 0 bridgehead atoms. The van der Waals surface area contributed by atoms with E-state index in [0.29, 0.717) is 5.02 Å². The number of nitrogen functional groups attached to an aromatic ring is 1. The van der Waals surface area contributed by atoms with E-state index in [1.807, 2.05) is 23.9 Å². The normalized spacial score (nSPS) is 11.5. The first-order chi connectivity index (χ1) is 6.94. The van der Waals surface area contributed by atoms with Crippen LogP contribution in [0.2, 0.25) is 5.02 Å². The van der Waals surface area contributed by atoms with Crippen molar-refractivity contribution in [2.75, 3.05) is 23.9 Å². The summed E-state index contributed by atoms with van der Waals surface area (Å²) >= 11 is 7.72. The Kier molecular flexibility index (Phi) is 4.17. The molecule has 0 unspecified atom stereocenters. The molecule has 3 N–H and O–H groups in total. The van der Waals surface area contributed by atoms with Crippen LogP contribution in [-0.2, 0) is 0 Å². The predicted molar refractivity (Wildman–Crippen MR) is 71.9 cm³/mol. The molecular formula is C11H17ClN2S. The molecule has 0 saturated carbocycles. The zero-order valence-electron chi connectivity index (χ0n) is 9.30. The molecule has 0 aromatic heterocycles. The number of halogens is 1. The lowest BCUT2D eigenvalue weighted by Crippen LogP contribution is -2.26. The van der Waals surface area contributed by atoms with Crippen LogP contribution in [0.3, 0.4) is 0 Å². The maximum absolute atomic E-state index is 5.90. The van der Waals surface area contributed by atoms with Gasteiger partial charge in [0.2, 0.25) is 0 Å². The van der Waals surface area contributed by atoms with Crippen molar-refractivity contribution in [3.8, 4) is 0 Å². The molecule has 0 amide bonds. The fourth-order valence-electron chi connectivity index (χ4n) is 1.06. The first-order valence-corrected chi connectivity index (χ1v) is 6.39. The molecule has 1 rings (SSSR count). The van der Waals surface area contributed by atoms with Gasteiger partial charge in [0, 0.05) is 16.3 Å². The molecule has 84 valence electrons. The molecule has 4 heteroatoms. The standard InChI is InChI=1S/C11H17ClN2S/c1-11(2,15-3)7-14-10-6-8(12)4-5-9(10)13/h4-6,14H,7,13H2,1-3H3. The fraction of sp³-hybridized carbons (Fsp3) is 0.455. The molecule has 0 aliphatic carbocycles. The molecule has 0 fully saturated rings. The average Bonchev–Trinajstić information content (AvgIpc) is 2.20.